The molecule has 4 nitrogen and oxygen atoms in total. The lowest BCUT2D eigenvalue weighted by molar-refractivity contribution is -0.120. The number of carbonyl (C=O) groups excluding carboxylic acids is 1. The molecule has 0 saturated heterocycles. The monoisotopic (exact) mass is 323 g/mol. The molecule has 0 spiro atoms. The lowest BCUT2D eigenvalue weighted by Gasteiger charge is -2.13. The summed E-state index contributed by atoms with van der Waals surface area (Å²) in [5.74, 6) is 0.610. The Balaban J connectivity index is 1.73. The van der Waals surface area contributed by atoms with Gasteiger partial charge >= 0.3 is 5.97 Å². The van der Waals surface area contributed by atoms with E-state index in [1.807, 2.05) is 0 Å². The molecule has 19 heavy (non-hydrogen) atoms. The first-order valence-corrected chi connectivity index (χ1v) is 7.17. The maximum Gasteiger partial charge on any atom is 0.335 e. The van der Waals surface area contributed by atoms with Gasteiger partial charge in [-0.2, -0.15) is 0 Å². The number of fused-ring (bicyclic) bond motifs is 1. The fourth-order valence-corrected chi connectivity index (χ4v) is 3.26. The Morgan fingerprint density at radius 3 is 2.53 bits per heavy atom. The van der Waals surface area contributed by atoms with Crippen LogP contribution in [0.25, 0.3) is 0 Å². The molecule has 0 aromatic heterocycles. The molecule has 0 bridgehead atoms. The van der Waals surface area contributed by atoms with Gasteiger partial charge in [-0.3, -0.25) is 4.79 Å². The highest BCUT2D eigenvalue weighted by atomic mass is 79.9. The van der Waals surface area contributed by atoms with Crippen molar-refractivity contribution in [3.05, 3.63) is 28.2 Å². The topological polar surface area (TPSA) is 66.4 Å². The summed E-state index contributed by atoms with van der Waals surface area (Å²) in [4.78, 5) is 23.1. The molecular weight excluding hydrogens is 310 g/mol. The first-order valence-electron chi connectivity index (χ1n) is 6.38. The highest BCUT2D eigenvalue weighted by molar-refractivity contribution is 9.10. The van der Waals surface area contributed by atoms with Crippen molar-refractivity contribution in [3.63, 3.8) is 0 Å². The number of amides is 1. The van der Waals surface area contributed by atoms with Crippen LogP contribution in [-0.2, 0) is 4.79 Å². The second-order valence-corrected chi connectivity index (χ2v) is 6.27. The van der Waals surface area contributed by atoms with Crippen molar-refractivity contribution in [2.45, 2.75) is 19.3 Å². The molecule has 2 fully saturated rings. The van der Waals surface area contributed by atoms with Crippen molar-refractivity contribution in [2.24, 2.45) is 17.8 Å². The van der Waals surface area contributed by atoms with Crippen LogP contribution in [0.5, 0.6) is 0 Å². The minimum absolute atomic E-state index is 0.00967. The Kier molecular flexibility index (Phi) is 3.09. The SMILES string of the molecule is O=C(O)c1ccc(Br)c(NC(=O)C2CC3CC3C2)c1. The van der Waals surface area contributed by atoms with Crippen LogP contribution in [0.3, 0.4) is 0 Å². The van der Waals surface area contributed by atoms with E-state index in [-0.39, 0.29) is 17.4 Å². The normalized spacial score (nSPS) is 27.7. The van der Waals surface area contributed by atoms with E-state index in [0.717, 1.165) is 24.7 Å². The maximum atomic E-state index is 12.1. The molecule has 2 aliphatic carbocycles. The van der Waals surface area contributed by atoms with Gasteiger partial charge in [0.1, 0.15) is 0 Å². The molecule has 100 valence electrons. The quantitative estimate of drug-likeness (QED) is 0.898. The van der Waals surface area contributed by atoms with Gasteiger partial charge in [0.2, 0.25) is 5.91 Å². The van der Waals surface area contributed by atoms with E-state index in [1.165, 1.54) is 18.6 Å². The smallest absolute Gasteiger partial charge is 0.335 e. The third kappa shape index (κ3) is 2.52. The van der Waals surface area contributed by atoms with Gasteiger partial charge in [0.15, 0.2) is 0 Å². The van der Waals surface area contributed by atoms with Crippen LogP contribution >= 0.6 is 15.9 Å². The highest BCUT2D eigenvalue weighted by Gasteiger charge is 2.48. The molecule has 0 aliphatic heterocycles. The minimum atomic E-state index is -0.995. The lowest BCUT2D eigenvalue weighted by atomic mass is 10.0. The van der Waals surface area contributed by atoms with Crippen LogP contribution < -0.4 is 5.32 Å². The molecule has 2 N–H and O–H groups in total. The second kappa shape index (κ2) is 4.63. The second-order valence-electron chi connectivity index (χ2n) is 5.41. The van der Waals surface area contributed by atoms with Crippen molar-refractivity contribution >= 4 is 33.5 Å². The third-order valence-corrected chi connectivity index (χ3v) is 4.78. The first-order chi connectivity index (χ1) is 9.04. The van der Waals surface area contributed by atoms with E-state index in [1.54, 1.807) is 6.07 Å². The summed E-state index contributed by atoms with van der Waals surface area (Å²) in [7, 11) is 0. The van der Waals surface area contributed by atoms with E-state index in [9.17, 15) is 9.59 Å². The van der Waals surface area contributed by atoms with E-state index < -0.39 is 5.97 Å². The van der Waals surface area contributed by atoms with Gasteiger partial charge in [-0.15, -0.1) is 0 Å². The van der Waals surface area contributed by atoms with Gasteiger partial charge in [0.05, 0.1) is 11.3 Å². The Morgan fingerprint density at radius 1 is 1.21 bits per heavy atom. The number of aromatic carboxylic acids is 1. The molecule has 2 aliphatic rings. The largest absolute Gasteiger partial charge is 0.478 e. The van der Waals surface area contributed by atoms with Gasteiger partial charge in [-0.25, -0.2) is 4.79 Å². The van der Waals surface area contributed by atoms with Crippen LogP contribution in [0.2, 0.25) is 0 Å². The third-order valence-electron chi connectivity index (χ3n) is 4.09. The zero-order valence-corrected chi connectivity index (χ0v) is 11.8. The summed E-state index contributed by atoms with van der Waals surface area (Å²) in [6.07, 6.45) is 3.24. The van der Waals surface area contributed by atoms with Crippen LogP contribution in [0, 0.1) is 17.8 Å². The van der Waals surface area contributed by atoms with Gasteiger partial charge in [0, 0.05) is 10.4 Å². The summed E-state index contributed by atoms with van der Waals surface area (Å²) in [6.45, 7) is 0. The zero-order chi connectivity index (χ0) is 13.6. The van der Waals surface area contributed by atoms with E-state index >= 15 is 0 Å². The van der Waals surface area contributed by atoms with Crippen LogP contribution in [-0.4, -0.2) is 17.0 Å². The zero-order valence-electron chi connectivity index (χ0n) is 10.2. The van der Waals surface area contributed by atoms with E-state index in [4.69, 9.17) is 5.11 Å². The molecule has 0 radical (unpaired) electrons. The van der Waals surface area contributed by atoms with E-state index in [0.29, 0.717) is 10.2 Å². The molecular formula is C14H14BrNO3. The fraction of sp³-hybridized carbons (Fsp3) is 0.429. The standard InChI is InChI=1S/C14H14BrNO3/c15-11-2-1-7(14(18)19)6-12(11)16-13(17)10-4-8-3-9(8)5-10/h1-2,6,8-10H,3-5H2,(H,16,17)(H,18,19). The van der Waals surface area contributed by atoms with Gasteiger partial charge < -0.3 is 10.4 Å². The molecule has 2 atom stereocenters. The Hall–Kier alpha value is -1.36. The number of hydrogen-bond acceptors (Lipinski definition) is 2. The fourth-order valence-electron chi connectivity index (χ4n) is 2.92. The minimum Gasteiger partial charge on any atom is -0.478 e. The van der Waals surface area contributed by atoms with Crippen molar-refractivity contribution < 1.29 is 14.7 Å². The number of halogens is 1. The Labute approximate surface area is 119 Å². The summed E-state index contributed by atoms with van der Waals surface area (Å²) in [5.41, 5.74) is 0.707. The van der Waals surface area contributed by atoms with Gasteiger partial charge in [0.25, 0.3) is 0 Å². The number of benzene rings is 1. The summed E-state index contributed by atoms with van der Waals surface area (Å²) in [6, 6.07) is 4.64. The van der Waals surface area contributed by atoms with Crippen molar-refractivity contribution in [2.75, 3.05) is 5.32 Å². The predicted octanol–water partition coefficient (Wildman–Crippen LogP) is 3.13. The van der Waals surface area contributed by atoms with Crippen molar-refractivity contribution in [1.29, 1.82) is 0 Å². The number of nitrogens with one attached hydrogen (secondary N) is 1. The molecule has 1 amide bonds. The summed E-state index contributed by atoms with van der Waals surface area (Å²) < 4.78 is 0.703. The Morgan fingerprint density at radius 2 is 1.89 bits per heavy atom. The molecule has 1 aromatic carbocycles. The Bertz CT molecular complexity index is 548. The highest BCUT2D eigenvalue weighted by Crippen LogP contribution is 2.54. The number of anilines is 1. The summed E-state index contributed by atoms with van der Waals surface area (Å²) in [5, 5.41) is 11.8. The molecule has 2 unspecified atom stereocenters. The number of rotatable bonds is 3. The van der Waals surface area contributed by atoms with Gasteiger partial charge in [-0.1, -0.05) is 0 Å². The van der Waals surface area contributed by atoms with Gasteiger partial charge in [-0.05, 0) is 65.2 Å². The first kappa shape index (κ1) is 12.7. The van der Waals surface area contributed by atoms with E-state index in [2.05, 4.69) is 21.2 Å². The molecule has 0 heterocycles. The van der Waals surface area contributed by atoms with Crippen LogP contribution in [0.15, 0.2) is 22.7 Å². The lowest BCUT2D eigenvalue weighted by Crippen LogP contribution is -2.22. The van der Waals surface area contributed by atoms with Crippen molar-refractivity contribution in [3.8, 4) is 0 Å². The molecule has 2 saturated carbocycles. The predicted molar refractivity (Wildman–Crippen MR) is 74.1 cm³/mol. The van der Waals surface area contributed by atoms with Crippen molar-refractivity contribution in [1.82, 2.24) is 0 Å². The number of carbonyl (C=O) groups is 2. The molecule has 5 heteroatoms. The number of carboxylic acids is 1. The molecule has 1 aromatic rings. The average molecular weight is 324 g/mol. The average Bonchev–Trinajstić information content (AvgIpc) is 2.98. The van der Waals surface area contributed by atoms with Crippen LogP contribution in [0.1, 0.15) is 29.6 Å². The maximum absolute atomic E-state index is 12.1. The van der Waals surface area contributed by atoms with Crippen LogP contribution in [0.4, 0.5) is 5.69 Å². The number of carboxylic acid groups (broad SMARTS) is 1. The summed E-state index contributed by atoms with van der Waals surface area (Å²) >= 11 is 3.33. The molecule has 3 rings (SSSR count). The number of hydrogen-bond donors (Lipinski definition) is 2.